The quantitative estimate of drug-likeness (QED) is 0.676. The van der Waals surface area contributed by atoms with Crippen LogP contribution in [0, 0.1) is 0 Å². The van der Waals surface area contributed by atoms with Crippen LogP contribution in [0.3, 0.4) is 0 Å². The summed E-state index contributed by atoms with van der Waals surface area (Å²) in [6.07, 6.45) is 0.698. The Morgan fingerprint density at radius 1 is 1.10 bits per heavy atom. The van der Waals surface area contributed by atoms with Gasteiger partial charge in [-0.05, 0) is 24.6 Å². The van der Waals surface area contributed by atoms with E-state index >= 15 is 0 Å². The molecule has 0 heterocycles. The van der Waals surface area contributed by atoms with E-state index in [-0.39, 0.29) is 5.91 Å². The third-order valence-corrected chi connectivity index (χ3v) is 3.10. The lowest BCUT2D eigenvalue weighted by Gasteiger charge is -2.04. The van der Waals surface area contributed by atoms with Crippen LogP contribution in [0.1, 0.15) is 22.8 Å². The maximum atomic E-state index is 11.9. The van der Waals surface area contributed by atoms with Crippen LogP contribution >= 0.6 is 11.6 Å². The Morgan fingerprint density at radius 2 is 1.75 bits per heavy atom. The molecular weight excluding hydrogens is 272 g/mol. The summed E-state index contributed by atoms with van der Waals surface area (Å²) in [5.41, 5.74) is 4.93. The first kappa shape index (κ1) is 14.3. The van der Waals surface area contributed by atoms with Gasteiger partial charge in [0.2, 0.25) is 0 Å². The van der Waals surface area contributed by atoms with E-state index in [0.29, 0.717) is 17.0 Å². The van der Waals surface area contributed by atoms with Crippen LogP contribution in [0.4, 0.5) is 0 Å². The van der Waals surface area contributed by atoms with Gasteiger partial charge >= 0.3 is 0 Å². The summed E-state index contributed by atoms with van der Waals surface area (Å²) in [5, 5.41) is 4.51. The zero-order valence-corrected chi connectivity index (χ0v) is 11.9. The normalized spacial score (nSPS) is 11.2. The van der Waals surface area contributed by atoms with Gasteiger partial charge in [0.05, 0.1) is 10.6 Å². The minimum absolute atomic E-state index is 0.303. The molecule has 0 saturated carbocycles. The van der Waals surface area contributed by atoms with Crippen molar-refractivity contribution in [3.63, 3.8) is 0 Å². The topological polar surface area (TPSA) is 41.5 Å². The molecule has 0 aromatic heterocycles. The fraction of sp³-hybridized carbons (Fsp3) is 0.125. The van der Waals surface area contributed by atoms with Gasteiger partial charge in [-0.1, -0.05) is 54.1 Å². The van der Waals surface area contributed by atoms with E-state index in [1.807, 2.05) is 37.3 Å². The largest absolute Gasteiger partial charge is 0.272 e. The lowest BCUT2D eigenvalue weighted by atomic mass is 10.1. The number of hydrogen-bond donors (Lipinski definition) is 1. The Hall–Kier alpha value is -2.13. The SMILES string of the molecule is CC(Cc1ccccc1)=NNC(=O)c1ccccc1Cl. The van der Waals surface area contributed by atoms with Gasteiger partial charge in [0, 0.05) is 12.1 Å². The second-order valence-corrected chi connectivity index (χ2v) is 4.84. The van der Waals surface area contributed by atoms with Crippen LogP contribution in [-0.4, -0.2) is 11.6 Å². The van der Waals surface area contributed by atoms with Crippen molar-refractivity contribution in [2.75, 3.05) is 0 Å². The molecule has 0 radical (unpaired) electrons. The Morgan fingerprint density at radius 3 is 2.45 bits per heavy atom. The predicted octanol–water partition coefficient (Wildman–Crippen LogP) is 3.69. The lowest BCUT2D eigenvalue weighted by molar-refractivity contribution is 0.0955. The number of rotatable bonds is 4. The molecule has 4 heteroatoms. The highest BCUT2D eigenvalue weighted by molar-refractivity contribution is 6.33. The van der Waals surface area contributed by atoms with Crippen molar-refractivity contribution in [2.24, 2.45) is 5.10 Å². The molecule has 0 aliphatic heterocycles. The lowest BCUT2D eigenvalue weighted by Crippen LogP contribution is -2.19. The minimum Gasteiger partial charge on any atom is -0.267 e. The molecule has 2 rings (SSSR count). The maximum Gasteiger partial charge on any atom is 0.272 e. The Labute approximate surface area is 123 Å². The molecule has 0 atom stereocenters. The van der Waals surface area contributed by atoms with E-state index in [1.165, 1.54) is 0 Å². The van der Waals surface area contributed by atoms with E-state index in [4.69, 9.17) is 11.6 Å². The molecule has 0 bridgehead atoms. The number of benzene rings is 2. The van der Waals surface area contributed by atoms with Gasteiger partial charge in [-0.15, -0.1) is 0 Å². The second kappa shape index (κ2) is 6.87. The molecule has 20 heavy (non-hydrogen) atoms. The molecule has 2 aromatic carbocycles. The minimum atomic E-state index is -0.303. The van der Waals surface area contributed by atoms with Crippen LogP contribution in [0.2, 0.25) is 5.02 Å². The molecule has 0 aliphatic rings. The first-order chi connectivity index (χ1) is 9.66. The first-order valence-electron chi connectivity index (χ1n) is 6.29. The molecule has 0 unspecified atom stereocenters. The third kappa shape index (κ3) is 3.93. The highest BCUT2D eigenvalue weighted by Gasteiger charge is 2.08. The summed E-state index contributed by atoms with van der Waals surface area (Å²) in [6.45, 7) is 1.87. The van der Waals surface area contributed by atoms with Crippen molar-refractivity contribution in [1.29, 1.82) is 0 Å². The molecule has 1 N–H and O–H groups in total. The fourth-order valence-electron chi connectivity index (χ4n) is 1.78. The van der Waals surface area contributed by atoms with E-state index in [2.05, 4.69) is 10.5 Å². The smallest absolute Gasteiger partial charge is 0.267 e. The summed E-state index contributed by atoms with van der Waals surface area (Å²) < 4.78 is 0. The van der Waals surface area contributed by atoms with Crippen molar-refractivity contribution in [1.82, 2.24) is 5.43 Å². The summed E-state index contributed by atoms with van der Waals surface area (Å²) in [7, 11) is 0. The van der Waals surface area contributed by atoms with Gasteiger partial charge in [0.25, 0.3) is 5.91 Å². The number of carbonyl (C=O) groups is 1. The molecule has 3 nitrogen and oxygen atoms in total. The monoisotopic (exact) mass is 286 g/mol. The number of hydrogen-bond acceptors (Lipinski definition) is 2. The average Bonchev–Trinajstić information content (AvgIpc) is 2.46. The highest BCUT2D eigenvalue weighted by Crippen LogP contribution is 2.14. The average molecular weight is 287 g/mol. The fourth-order valence-corrected chi connectivity index (χ4v) is 2.00. The van der Waals surface area contributed by atoms with Crippen molar-refractivity contribution in [2.45, 2.75) is 13.3 Å². The number of hydrazone groups is 1. The van der Waals surface area contributed by atoms with Crippen LogP contribution in [0.15, 0.2) is 59.7 Å². The number of nitrogens with zero attached hydrogens (tertiary/aromatic N) is 1. The van der Waals surface area contributed by atoms with Crippen LogP contribution in [0.5, 0.6) is 0 Å². The summed E-state index contributed by atoms with van der Waals surface area (Å²) in [6, 6.07) is 16.9. The van der Waals surface area contributed by atoms with Gasteiger partial charge in [0.1, 0.15) is 0 Å². The first-order valence-corrected chi connectivity index (χ1v) is 6.66. The predicted molar refractivity (Wildman–Crippen MR) is 82.2 cm³/mol. The van der Waals surface area contributed by atoms with Crippen molar-refractivity contribution in [3.05, 3.63) is 70.7 Å². The van der Waals surface area contributed by atoms with Crippen molar-refractivity contribution >= 4 is 23.2 Å². The summed E-state index contributed by atoms with van der Waals surface area (Å²) in [4.78, 5) is 11.9. The van der Waals surface area contributed by atoms with E-state index in [9.17, 15) is 4.79 Å². The van der Waals surface area contributed by atoms with E-state index in [1.54, 1.807) is 24.3 Å². The Bertz CT molecular complexity index is 623. The maximum absolute atomic E-state index is 11.9. The van der Waals surface area contributed by atoms with Gasteiger partial charge < -0.3 is 0 Å². The second-order valence-electron chi connectivity index (χ2n) is 4.43. The highest BCUT2D eigenvalue weighted by atomic mass is 35.5. The molecule has 0 saturated heterocycles. The molecular formula is C16H15ClN2O. The molecule has 0 spiro atoms. The molecule has 2 aromatic rings. The van der Waals surface area contributed by atoms with E-state index < -0.39 is 0 Å². The van der Waals surface area contributed by atoms with Crippen molar-refractivity contribution in [3.8, 4) is 0 Å². The van der Waals surface area contributed by atoms with Gasteiger partial charge in [-0.3, -0.25) is 4.79 Å². The standard InChI is InChI=1S/C16H15ClN2O/c1-12(11-13-7-3-2-4-8-13)18-19-16(20)14-9-5-6-10-15(14)17/h2-10H,11H2,1H3,(H,19,20). The number of amides is 1. The van der Waals surface area contributed by atoms with Crippen LogP contribution in [0.25, 0.3) is 0 Å². The molecule has 0 fully saturated rings. The Kier molecular flexibility index (Phi) is 4.91. The van der Waals surface area contributed by atoms with E-state index in [0.717, 1.165) is 11.3 Å². The number of halogens is 1. The number of nitrogens with one attached hydrogen (secondary N) is 1. The zero-order valence-electron chi connectivity index (χ0n) is 11.1. The van der Waals surface area contributed by atoms with Gasteiger partial charge in [0.15, 0.2) is 0 Å². The number of carbonyl (C=O) groups excluding carboxylic acids is 1. The summed E-state index contributed by atoms with van der Waals surface area (Å²) in [5.74, 6) is -0.303. The van der Waals surface area contributed by atoms with Crippen molar-refractivity contribution < 1.29 is 4.79 Å². The van der Waals surface area contributed by atoms with Gasteiger partial charge in [-0.2, -0.15) is 5.10 Å². The molecule has 1 amide bonds. The summed E-state index contributed by atoms with van der Waals surface area (Å²) >= 11 is 5.95. The Balaban J connectivity index is 1.99. The van der Waals surface area contributed by atoms with Crippen LogP contribution in [-0.2, 0) is 6.42 Å². The molecule has 0 aliphatic carbocycles. The van der Waals surface area contributed by atoms with Gasteiger partial charge in [-0.25, -0.2) is 5.43 Å². The zero-order chi connectivity index (χ0) is 14.4. The third-order valence-electron chi connectivity index (χ3n) is 2.77. The van der Waals surface area contributed by atoms with Crippen LogP contribution < -0.4 is 5.43 Å². The molecule has 102 valence electrons.